The van der Waals surface area contributed by atoms with E-state index in [2.05, 4.69) is 24.3 Å². The van der Waals surface area contributed by atoms with Crippen LogP contribution in [0.5, 0.6) is 0 Å². The Morgan fingerprint density at radius 2 is 1.26 bits per heavy atom. The van der Waals surface area contributed by atoms with Crippen molar-refractivity contribution in [3.05, 3.63) is 138 Å². The second-order valence-electron chi connectivity index (χ2n) is 10.9. The molecule has 0 unspecified atom stereocenters. The van der Waals surface area contributed by atoms with Crippen molar-refractivity contribution in [2.75, 3.05) is 11.4 Å². The van der Waals surface area contributed by atoms with E-state index < -0.39 is 17.6 Å². The topological polar surface area (TPSA) is 51.0 Å². The van der Waals surface area contributed by atoms with Crippen LogP contribution >= 0.6 is 0 Å². The molecule has 4 aromatic rings. The molecule has 5 heteroatoms. The fourth-order valence-electron chi connectivity index (χ4n) is 5.43. The molecule has 0 aromatic heterocycles. The summed E-state index contributed by atoms with van der Waals surface area (Å²) in [6.45, 7) is 5.71. The molecule has 0 radical (unpaired) electrons. The summed E-state index contributed by atoms with van der Waals surface area (Å²) in [5, 5.41) is 0. The van der Waals surface area contributed by atoms with Crippen molar-refractivity contribution in [1.82, 2.24) is 0 Å². The number of hydrogen-bond acceptors (Lipinski definition) is 3. The van der Waals surface area contributed by atoms with Crippen LogP contribution in [-0.2, 0) is 27.4 Å². The minimum absolute atomic E-state index is 0.181. The molecular formula is C34H35N2O3+. The number of carbonyl (C=O) groups is 2. The van der Waals surface area contributed by atoms with Crippen molar-refractivity contribution in [1.29, 1.82) is 0 Å². The number of nitrogens with zero attached hydrogens (tertiary/aromatic N) is 1. The van der Waals surface area contributed by atoms with Crippen molar-refractivity contribution in [2.45, 2.75) is 39.1 Å². The summed E-state index contributed by atoms with van der Waals surface area (Å²) in [7, 11) is 0. The highest BCUT2D eigenvalue weighted by molar-refractivity contribution is 6.01. The van der Waals surface area contributed by atoms with Crippen LogP contribution in [0.4, 0.5) is 5.69 Å². The molecule has 198 valence electrons. The first kappa shape index (κ1) is 26.4. The molecule has 5 nitrogen and oxygen atoms in total. The van der Waals surface area contributed by atoms with Gasteiger partial charge in [0.15, 0.2) is 6.10 Å². The number of amides is 1. The Labute approximate surface area is 230 Å². The number of hydrogen-bond donors (Lipinski definition) is 1. The lowest BCUT2D eigenvalue weighted by molar-refractivity contribution is -0.949. The molecule has 4 aromatic carbocycles. The van der Waals surface area contributed by atoms with Crippen molar-refractivity contribution in [3.8, 4) is 0 Å². The van der Waals surface area contributed by atoms with Gasteiger partial charge in [-0.2, -0.15) is 0 Å². The molecule has 1 amide bonds. The van der Waals surface area contributed by atoms with Crippen molar-refractivity contribution < 1.29 is 19.2 Å². The second kappa shape index (κ2) is 11.7. The van der Waals surface area contributed by atoms with E-state index in [9.17, 15) is 9.59 Å². The summed E-state index contributed by atoms with van der Waals surface area (Å²) in [6.07, 6.45) is -0.869. The SMILES string of the molecule is CC1(C)CN(c2ccccc2)C(=O)[C@@H]1OC(=O)[C@H](c1ccccc1)[NH+](Cc1ccccc1)Cc1ccccc1. The van der Waals surface area contributed by atoms with Crippen LogP contribution < -0.4 is 9.80 Å². The highest BCUT2D eigenvalue weighted by Crippen LogP contribution is 2.36. The Bertz CT molecular complexity index is 1330. The average Bonchev–Trinajstić information content (AvgIpc) is 3.19. The number of para-hydroxylation sites is 1. The maximum atomic E-state index is 14.2. The van der Waals surface area contributed by atoms with E-state index in [0.29, 0.717) is 19.6 Å². The quantitative estimate of drug-likeness (QED) is 0.317. The molecule has 0 spiro atoms. The molecule has 1 aliphatic heterocycles. The van der Waals surface area contributed by atoms with Gasteiger partial charge in [-0.1, -0.05) is 123 Å². The first-order valence-corrected chi connectivity index (χ1v) is 13.5. The predicted molar refractivity (Wildman–Crippen MR) is 153 cm³/mol. The third kappa shape index (κ3) is 6.10. The van der Waals surface area contributed by atoms with Gasteiger partial charge in [0, 0.05) is 34.3 Å². The highest BCUT2D eigenvalue weighted by Gasteiger charge is 2.50. The van der Waals surface area contributed by atoms with Crippen LogP contribution in [0.15, 0.2) is 121 Å². The first-order chi connectivity index (χ1) is 18.9. The molecule has 1 aliphatic rings. The van der Waals surface area contributed by atoms with E-state index in [-0.39, 0.29) is 11.9 Å². The van der Waals surface area contributed by atoms with Crippen LogP contribution in [-0.4, -0.2) is 24.5 Å². The van der Waals surface area contributed by atoms with Crippen LogP contribution in [0.3, 0.4) is 0 Å². The smallest absolute Gasteiger partial charge is 0.370 e. The van der Waals surface area contributed by atoms with E-state index in [0.717, 1.165) is 27.3 Å². The van der Waals surface area contributed by atoms with Gasteiger partial charge in [-0.15, -0.1) is 0 Å². The van der Waals surface area contributed by atoms with Gasteiger partial charge in [-0.05, 0) is 12.1 Å². The Morgan fingerprint density at radius 1 is 0.795 bits per heavy atom. The zero-order valence-electron chi connectivity index (χ0n) is 22.5. The Hall–Kier alpha value is -4.22. The number of carbonyl (C=O) groups excluding carboxylic acids is 2. The van der Waals surface area contributed by atoms with Gasteiger partial charge in [0.05, 0.1) is 0 Å². The van der Waals surface area contributed by atoms with Crippen molar-refractivity contribution in [3.63, 3.8) is 0 Å². The summed E-state index contributed by atoms with van der Waals surface area (Å²) < 4.78 is 6.21. The lowest BCUT2D eigenvalue weighted by atomic mass is 9.89. The number of ether oxygens (including phenoxy) is 1. The van der Waals surface area contributed by atoms with Gasteiger partial charge in [0.1, 0.15) is 13.1 Å². The molecule has 0 saturated carbocycles. The zero-order valence-corrected chi connectivity index (χ0v) is 22.5. The fraction of sp³-hybridized carbons (Fsp3) is 0.235. The van der Waals surface area contributed by atoms with Crippen LogP contribution in [0.2, 0.25) is 0 Å². The molecule has 2 atom stereocenters. The Balaban J connectivity index is 1.48. The monoisotopic (exact) mass is 519 g/mol. The van der Waals surface area contributed by atoms with Gasteiger partial charge in [0.2, 0.25) is 6.04 Å². The molecule has 5 rings (SSSR count). The molecule has 1 heterocycles. The average molecular weight is 520 g/mol. The highest BCUT2D eigenvalue weighted by atomic mass is 16.6. The van der Waals surface area contributed by atoms with Crippen LogP contribution in [0.1, 0.15) is 36.6 Å². The standard InChI is InChI=1S/C34H34N2O3/c1-34(2)25-36(29-21-13-6-14-22-29)32(37)31(34)39-33(38)30(28-19-11-5-12-20-28)35(23-26-15-7-3-8-16-26)24-27-17-9-4-10-18-27/h3-22,30-31H,23-25H2,1-2H3/p+1/t30-,31-/m0/s1. The Morgan fingerprint density at radius 3 is 1.77 bits per heavy atom. The third-order valence-corrected chi connectivity index (χ3v) is 7.39. The summed E-state index contributed by atoms with van der Waals surface area (Å²) >= 11 is 0. The molecule has 1 N–H and O–H groups in total. The van der Waals surface area contributed by atoms with E-state index in [1.165, 1.54) is 0 Å². The summed E-state index contributed by atoms with van der Waals surface area (Å²) in [6, 6.07) is 39.1. The number of esters is 1. The minimum atomic E-state index is -0.869. The van der Waals surface area contributed by atoms with Crippen molar-refractivity contribution >= 4 is 17.6 Å². The van der Waals surface area contributed by atoms with Gasteiger partial charge < -0.3 is 14.5 Å². The van der Waals surface area contributed by atoms with Crippen molar-refractivity contribution in [2.24, 2.45) is 5.41 Å². The van der Waals surface area contributed by atoms with E-state index >= 15 is 0 Å². The summed E-state index contributed by atoms with van der Waals surface area (Å²) in [5.74, 6) is -0.566. The lowest BCUT2D eigenvalue weighted by Crippen LogP contribution is -3.10. The number of nitrogens with one attached hydrogen (secondary N) is 1. The van der Waals surface area contributed by atoms with E-state index in [1.54, 1.807) is 4.90 Å². The van der Waals surface area contributed by atoms with Gasteiger partial charge in [-0.3, -0.25) is 4.79 Å². The molecule has 39 heavy (non-hydrogen) atoms. The maximum Gasteiger partial charge on any atom is 0.370 e. The van der Waals surface area contributed by atoms with Gasteiger partial charge in [0.25, 0.3) is 5.91 Å². The number of benzene rings is 4. The third-order valence-electron chi connectivity index (χ3n) is 7.39. The first-order valence-electron chi connectivity index (χ1n) is 13.5. The number of quaternary nitrogens is 1. The fourth-order valence-corrected chi connectivity index (χ4v) is 5.43. The summed E-state index contributed by atoms with van der Waals surface area (Å²) in [4.78, 5) is 30.6. The molecule has 0 bridgehead atoms. The van der Waals surface area contributed by atoms with Gasteiger partial charge >= 0.3 is 5.97 Å². The number of anilines is 1. The second-order valence-corrected chi connectivity index (χ2v) is 10.9. The predicted octanol–water partition coefficient (Wildman–Crippen LogP) is 5.00. The number of rotatable bonds is 9. The van der Waals surface area contributed by atoms with Gasteiger partial charge in [-0.25, -0.2) is 4.79 Å². The zero-order chi connectivity index (χ0) is 27.2. The molecular weight excluding hydrogens is 484 g/mol. The normalized spacial score (nSPS) is 17.3. The summed E-state index contributed by atoms with van der Waals surface area (Å²) in [5.41, 5.74) is 3.40. The van der Waals surface area contributed by atoms with E-state index in [4.69, 9.17) is 4.74 Å². The maximum absolute atomic E-state index is 14.2. The minimum Gasteiger partial charge on any atom is -0.447 e. The Kier molecular flexibility index (Phi) is 7.89. The molecule has 1 fully saturated rings. The lowest BCUT2D eigenvalue weighted by Gasteiger charge is -2.30. The van der Waals surface area contributed by atoms with Crippen LogP contribution in [0.25, 0.3) is 0 Å². The van der Waals surface area contributed by atoms with E-state index in [1.807, 2.05) is 111 Å². The largest absolute Gasteiger partial charge is 0.447 e. The molecule has 0 aliphatic carbocycles. The van der Waals surface area contributed by atoms with Crippen LogP contribution in [0, 0.1) is 5.41 Å². The molecule has 1 saturated heterocycles.